The number of nitrogens with zero attached hydrogens (tertiary/aromatic N) is 1. The van der Waals surface area contributed by atoms with Gasteiger partial charge in [-0.3, -0.25) is 4.79 Å². The number of piperidine rings is 1. The fraction of sp³-hybridized carbons (Fsp3) is 0.500. The lowest BCUT2D eigenvalue weighted by Gasteiger charge is -2.49. The van der Waals surface area contributed by atoms with Crippen LogP contribution in [0.3, 0.4) is 0 Å². The van der Waals surface area contributed by atoms with E-state index in [1.807, 2.05) is 13.0 Å². The van der Waals surface area contributed by atoms with E-state index in [4.69, 9.17) is 4.42 Å². The predicted octanol–water partition coefficient (Wildman–Crippen LogP) is 1.82. The van der Waals surface area contributed by atoms with Crippen LogP contribution in [-0.4, -0.2) is 27.9 Å². The molecule has 0 radical (unpaired) electrons. The number of carbonyl (C=O) groups is 1. The monoisotopic (exact) mass is 425 g/mol. The Morgan fingerprint density at radius 2 is 1.66 bits per heavy atom. The number of halogens is 3. The van der Waals surface area contributed by atoms with Gasteiger partial charge in [0.15, 0.2) is 0 Å². The molecule has 0 saturated carbocycles. The SMILES string of the molecule is Cc1ccc(CN(C(=O)c2c(F)cccc2F)C2CC(C)(C)NC(C)(C)C2)o1.[Cl-]. The zero-order chi connectivity index (χ0) is 20.7. The maximum Gasteiger partial charge on any atom is 0.260 e. The molecule has 1 aromatic carbocycles. The number of benzene rings is 1. The Labute approximate surface area is 177 Å². The van der Waals surface area contributed by atoms with Crippen molar-refractivity contribution in [3.63, 3.8) is 0 Å². The molecule has 0 bridgehead atoms. The molecule has 29 heavy (non-hydrogen) atoms. The van der Waals surface area contributed by atoms with Gasteiger partial charge in [-0.25, -0.2) is 8.78 Å². The summed E-state index contributed by atoms with van der Waals surface area (Å²) in [7, 11) is 0. The van der Waals surface area contributed by atoms with Crippen LogP contribution in [-0.2, 0) is 6.54 Å². The third kappa shape index (κ3) is 5.37. The molecule has 0 unspecified atom stereocenters. The van der Waals surface area contributed by atoms with Gasteiger partial charge in [0, 0.05) is 17.1 Å². The van der Waals surface area contributed by atoms with Gasteiger partial charge in [-0.05, 0) is 71.7 Å². The number of hydrogen-bond donors (Lipinski definition) is 1. The van der Waals surface area contributed by atoms with Gasteiger partial charge in [-0.1, -0.05) is 6.07 Å². The van der Waals surface area contributed by atoms with Gasteiger partial charge in [0.1, 0.15) is 28.7 Å². The zero-order valence-electron chi connectivity index (χ0n) is 17.5. The molecule has 1 aromatic heterocycles. The highest BCUT2D eigenvalue weighted by Gasteiger charge is 2.42. The van der Waals surface area contributed by atoms with Crippen molar-refractivity contribution in [3.05, 3.63) is 59.1 Å². The molecule has 7 heteroatoms. The number of aryl methyl sites for hydroxylation is 1. The summed E-state index contributed by atoms with van der Waals surface area (Å²) in [5.41, 5.74) is -0.963. The third-order valence-electron chi connectivity index (χ3n) is 5.17. The van der Waals surface area contributed by atoms with Crippen LogP contribution in [0.1, 0.15) is 62.4 Å². The number of hydrogen-bond acceptors (Lipinski definition) is 3. The standard InChI is InChI=1S/C22H28F2N2O2.ClH/c1-14-9-10-16(28-14)13-26(15-11-21(2,3)25-22(4,5)12-15)20(27)19-17(23)7-6-8-18(19)24;/h6-10,15,25H,11-13H2,1-5H3;1H/p-1. The number of furan rings is 1. The van der Waals surface area contributed by atoms with Crippen LogP contribution in [0.4, 0.5) is 8.78 Å². The zero-order valence-corrected chi connectivity index (χ0v) is 18.2. The number of nitrogens with one attached hydrogen (secondary N) is 1. The summed E-state index contributed by atoms with van der Waals surface area (Å²) in [5.74, 6) is -1.03. The van der Waals surface area contributed by atoms with Crippen molar-refractivity contribution in [2.75, 3.05) is 0 Å². The summed E-state index contributed by atoms with van der Waals surface area (Å²) in [6.07, 6.45) is 1.33. The number of carbonyl (C=O) groups excluding carboxylic acids is 1. The second-order valence-electron chi connectivity index (χ2n) is 9.00. The van der Waals surface area contributed by atoms with E-state index >= 15 is 0 Å². The molecule has 4 nitrogen and oxygen atoms in total. The molecule has 1 N–H and O–H groups in total. The highest BCUT2D eigenvalue weighted by Crippen LogP contribution is 2.33. The Kier molecular flexibility index (Phi) is 6.80. The molecule has 1 aliphatic rings. The second kappa shape index (κ2) is 8.44. The first kappa shape index (κ1) is 23.4. The van der Waals surface area contributed by atoms with Crippen molar-refractivity contribution < 1.29 is 30.4 Å². The Morgan fingerprint density at radius 1 is 1.10 bits per heavy atom. The molecule has 3 rings (SSSR count). The molecular weight excluding hydrogens is 398 g/mol. The van der Waals surface area contributed by atoms with Crippen LogP contribution in [0.5, 0.6) is 0 Å². The average molecular weight is 426 g/mol. The molecule has 0 atom stereocenters. The second-order valence-corrected chi connectivity index (χ2v) is 9.00. The molecule has 2 aromatic rings. The Hall–Kier alpha value is -1.92. The van der Waals surface area contributed by atoms with Crippen LogP contribution >= 0.6 is 0 Å². The van der Waals surface area contributed by atoms with E-state index in [-0.39, 0.29) is 36.1 Å². The summed E-state index contributed by atoms with van der Waals surface area (Å²) < 4.78 is 34.4. The highest BCUT2D eigenvalue weighted by atomic mass is 35.5. The van der Waals surface area contributed by atoms with Crippen molar-refractivity contribution in [1.82, 2.24) is 10.2 Å². The lowest BCUT2D eigenvalue weighted by Crippen LogP contribution is -3.00. The van der Waals surface area contributed by atoms with Gasteiger partial charge in [0.05, 0.1) is 6.54 Å². The molecule has 0 aliphatic carbocycles. The predicted molar refractivity (Wildman–Crippen MR) is 104 cm³/mol. The largest absolute Gasteiger partial charge is 1.00 e. The molecule has 1 amide bonds. The van der Waals surface area contributed by atoms with E-state index in [0.29, 0.717) is 18.6 Å². The van der Waals surface area contributed by atoms with E-state index in [0.717, 1.165) is 17.9 Å². The van der Waals surface area contributed by atoms with E-state index < -0.39 is 23.1 Å². The van der Waals surface area contributed by atoms with Crippen LogP contribution < -0.4 is 17.7 Å². The van der Waals surface area contributed by atoms with Crippen molar-refractivity contribution in [2.24, 2.45) is 0 Å². The van der Waals surface area contributed by atoms with Crippen LogP contribution in [0.25, 0.3) is 0 Å². The van der Waals surface area contributed by atoms with Gasteiger partial charge in [0.25, 0.3) is 5.91 Å². The molecule has 2 heterocycles. The van der Waals surface area contributed by atoms with Crippen LogP contribution in [0, 0.1) is 18.6 Å². The van der Waals surface area contributed by atoms with Gasteiger partial charge in [0.2, 0.25) is 0 Å². The van der Waals surface area contributed by atoms with Gasteiger partial charge < -0.3 is 27.0 Å². The van der Waals surface area contributed by atoms with E-state index in [2.05, 4.69) is 33.0 Å². The Balaban J connectivity index is 0.00000300. The fourth-order valence-electron chi connectivity index (χ4n) is 4.44. The highest BCUT2D eigenvalue weighted by molar-refractivity contribution is 5.95. The maximum absolute atomic E-state index is 14.4. The average Bonchev–Trinajstić information content (AvgIpc) is 2.94. The Morgan fingerprint density at radius 3 is 2.14 bits per heavy atom. The van der Waals surface area contributed by atoms with E-state index in [1.165, 1.54) is 6.07 Å². The van der Waals surface area contributed by atoms with Crippen LogP contribution in [0.2, 0.25) is 0 Å². The third-order valence-corrected chi connectivity index (χ3v) is 5.17. The lowest BCUT2D eigenvalue weighted by atomic mass is 9.78. The number of amides is 1. The van der Waals surface area contributed by atoms with Gasteiger partial charge >= 0.3 is 0 Å². The molecule has 1 saturated heterocycles. The fourth-order valence-corrected chi connectivity index (χ4v) is 4.44. The molecule has 1 fully saturated rings. The molecule has 0 spiro atoms. The molecular formula is C22H28ClF2N2O2-. The van der Waals surface area contributed by atoms with Crippen molar-refractivity contribution in [1.29, 1.82) is 0 Å². The Bertz CT molecular complexity index is 843. The minimum Gasteiger partial charge on any atom is -1.00 e. The van der Waals surface area contributed by atoms with E-state index in [1.54, 1.807) is 11.0 Å². The first-order valence-corrected chi connectivity index (χ1v) is 9.57. The summed E-state index contributed by atoms with van der Waals surface area (Å²) in [5, 5.41) is 3.58. The van der Waals surface area contributed by atoms with Gasteiger partial charge in [-0.15, -0.1) is 0 Å². The first-order valence-electron chi connectivity index (χ1n) is 9.57. The van der Waals surface area contributed by atoms with E-state index in [9.17, 15) is 13.6 Å². The quantitative estimate of drug-likeness (QED) is 0.812. The van der Waals surface area contributed by atoms with Gasteiger partial charge in [-0.2, -0.15) is 0 Å². The van der Waals surface area contributed by atoms with Crippen LogP contribution in [0.15, 0.2) is 34.7 Å². The first-order chi connectivity index (χ1) is 13.0. The minimum atomic E-state index is -0.849. The van der Waals surface area contributed by atoms with Crippen molar-refractivity contribution in [3.8, 4) is 0 Å². The minimum absolute atomic E-state index is 0. The lowest BCUT2D eigenvalue weighted by molar-refractivity contribution is -0.0000335. The normalized spacial score (nSPS) is 18.2. The summed E-state index contributed by atoms with van der Waals surface area (Å²) in [6, 6.07) is 6.91. The maximum atomic E-state index is 14.4. The topological polar surface area (TPSA) is 45.5 Å². The number of rotatable bonds is 4. The summed E-state index contributed by atoms with van der Waals surface area (Å²) in [4.78, 5) is 14.9. The smallest absolute Gasteiger partial charge is 0.260 e. The van der Waals surface area contributed by atoms with Crippen molar-refractivity contribution >= 4 is 5.91 Å². The summed E-state index contributed by atoms with van der Waals surface area (Å²) in [6.45, 7) is 10.3. The molecule has 1 aliphatic heterocycles. The van der Waals surface area contributed by atoms with Crippen molar-refractivity contribution in [2.45, 2.75) is 71.1 Å². The molecule has 160 valence electrons. The summed E-state index contributed by atoms with van der Waals surface area (Å²) >= 11 is 0.